The van der Waals surface area contributed by atoms with Crippen molar-refractivity contribution in [3.8, 4) is 0 Å². The Bertz CT molecular complexity index is 922. The van der Waals surface area contributed by atoms with Crippen LogP contribution in [0.4, 0.5) is 5.69 Å². The first-order chi connectivity index (χ1) is 12.6. The van der Waals surface area contributed by atoms with Crippen molar-refractivity contribution in [1.82, 2.24) is 4.90 Å². The van der Waals surface area contributed by atoms with Gasteiger partial charge in [0, 0.05) is 29.7 Å². The van der Waals surface area contributed by atoms with Crippen molar-refractivity contribution in [3.05, 3.63) is 64.7 Å². The maximum atomic E-state index is 12.5. The molecule has 1 saturated heterocycles. The smallest absolute Gasteiger partial charge is 0.248 e. The number of nitrogens with two attached hydrogens (primary N) is 1. The van der Waals surface area contributed by atoms with Crippen LogP contribution in [0.1, 0.15) is 46.1 Å². The third kappa shape index (κ3) is 2.63. The Kier molecular flexibility index (Phi) is 3.95. The molecule has 2 aromatic rings. The minimum absolute atomic E-state index is 0.121. The van der Waals surface area contributed by atoms with Gasteiger partial charge in [0.1, 0.15) is 0 Å². The molecule has 0 saturated carbocycles. The first-order valence-electron chi connectivity index (χ1n) is 8.68. The monoisotopic (exact) mass is 348 g/mol. The summed E-state index contributed by atoms with van der Waals surface area (Å²) in [4.78, 5) is 26.0. The fraction of sp³-hybridized carbons (Fsp3) is 0.250. The maximum Gasteiger partial charge on any atom is 0.248 e. The van der Waals surface area contributed by atoms with Crippen LogP contribution in [0.15, 0.2) is 47.6 Å². The normalized spacial score (nSPS) is 19.0. The highest BCUT2D eigenvalue weighted by Crippen LogP contribution is 2.38. The van der Waals surface area contributed by atoms with Crippen molar-refractivity contribution in [2.45, 2.75) is 25.9 Å². The highest BCUT2D eigenvalue weighted by Gasteiger charge is 2.37. The molecule has 0 spiro atoms. The van der Waals surface area contributed by atoms with E-state index < -0.39 is 5.91 Å². The van der Waals surface area contributed by atoms with Crippen LogP contribution in [0.2, 0.25) is 0 Å². The van der Waals surface area contributed by atoms with Gasteiger partial charge in [0.05, 0.1) is 11.9 Å². The van der Waals surface area contributed by atoms with Crippen LogP contribution in [0.5, 0.6) is 0 Å². The van der Waals surface area contributed by atoms with Gasteiger partial charge in [0.2, 0.25) is 11.8 Å². The second-order valence-electron chi connectivity index (χ2n) is 6.65. The summed E-state index contributed by atoms with van der Waals surface area (Å²) < 4.78 is 0. The Morgan fingerprint density at radius 1 is 1.23 bits per heavy atom. The summed E-state index contributed by atoms with van der Waals surface area (Å²) in [5, 5.41) is 6.45. The molecule has 2 aliphatic rings. The topological polar surface area (TPSA) is 79.0 Å². The predicted octanol–water partition coefficient (Wildman–Crippen LogP) is 2.57. The molecule has 2 heterocycles. The maximum absolute atomic E-state index is 12.5. The van der Waals surface area contributed by atoms with Crippen LogP contribution in [0, 0.1) is 6.92 Å². The van der Waals surface area contributed by atoms with Crippen molar-refractivity contribution >= 4 is 23.7 Å². The molecule has 0 aliphatic carbocycles. The average molecular weight is 348 g/mol. The number of carbonyl (C=O) groups excluding carboxylic acids is 2. The van der Waals surface area contributed by atoms with E-state index in [4.69, 9.17) is 5.73 Å². The van der Waals surface area contributed by atoms with Gasteiger partial charge in [-0.3, -0.25) is 9.59 Å². The second kappa shape index (κ2) is 6.29. The SMILES string of the molecule is Cc1ccc(C(N)=O)cc1N1N=Cc2ccccc2C1N1CCCC1=O. The molecule has 2 amide bonds. The summed E-state index contributed by atoms with van der Waals surface area (Å²) in [5.74, 6) is -0.364. The number of anilines is 1. The van der Waals surface area contributed by atoms with Crippen LogP contribution in [0.3, 0.4) is 0 Å². The zero-order chi connectivity index (χ0) is 18.3. The molecule has 4 rings (SSSR count). The molecule has 0 aromatic heterocycles. The van der Waals surface area contributed by atoms with Crippen LogP contribution in [0.25, 0.3) is 0 Å². The lowest BCUT2D eigenvalue weighted by Crippen LogP contribution is -2.42. The number of nitrogens with zero attached hydrogens (tertiary/aromatic N) is 3. The van der Waals surface area contributed by atoms with Crippen LogP contribution in [-0.4, -0.2) is 29.5 Å². The minimum Gasteiger partial charge on any atom is -0.366 e. The molecule has 2 N–H and O–H groups in total. The van der Waals surface area contributed by atoms with Gasteiger partial charge in [-0.15, -0.1) is 0 Å². The largest absolute Gasteiger partial charge is 0.366 e. The van der Waals surface area contributed by atoms with E-state index in [2.05, 4.69) is 5.10 Å². The number of benzene rings is 2. The van der Waals surface area contributed by atoms with E-state index in [1.807, 2.05) is 47.2 Å². The molecule has 0 bridgehead atoms. The summed E-state index contributed by atoms with van der Waals surface area (Å²) in [6.45, 7) is 2.65. The average Bonchev–Trinajstić information content (AvgIpc) is 3.06. The molecule has 0 radical (unpaired) electrons. The second-order valence-corrected chi connectivity index (χ2v) is 6.65. The first-order valence-corrected chi connectivity index (χ1v) is 8.68. The summed E-state index contributed by atoms with van der Waals surface area (Å²) in [7, 11) is 0. The number of fused-ring (bicyclic) bond motifs is 1. The number of carbonyl (C=O) groups is 2. The van der Waals surface area contributed by atoms with Crippen LogP contribution in [-0.2, 0) is 4.79 Å². The number of hydrogen-bond donors (Lipinski definition) is 1. The Balaban J connectivity index is 1.86. The van der Waals surface area contributed by atoms with Gasteiger partial charge in [0.15, 0.2) is 6.17 Å². The van der Waals surface area contributed by atoms with E-state index in [9.17, 15) is 9.59 Å². The molecule has 1 fully saturated rings. The van der Waals surface area contributed by atoms with Crippen molar-refractivity contribution in [1.29, 1.82) is 0 Å². The standard InChI is InChI=1S/C20H20N4O2/c1-13-8-9-14(19(21)26)11-17(13)24-20(23-10-4-7-18(23)25)16-6-3-2-5-15(16)12-22-24/h2-3,5-6,8-9,11-12,20H,4,7,10H2,1H3,(H2,21,26). The fourth-order valence-electron chi connectivity index (χ4n) is 3.61. The quantitative estimate of drug-likeness (QED) is 0.926. The minimum atomic E-state index is -0.485. The molecular weight excluding hydrogens is 328 g/mol. The number of aryl methyl sites for hydroxylation is 1. The Hall–Kier alpha value is -3.15. The molecule has 26 heavy (non-hydrogen) atoms. The molecule has 2 aromatic carbocycles. The zero-order valence-electron chi connectivity index (χ0n) is 14.6. The van der Waals surface area contributed by atoms with E-state index >= 15 is 0 Å². The van der Waals surface area contributed by atoms with Crippen molar-refractivity contribution in [2.75, 3.05) is 11.6 Å². The number of hydrogen-bond acceptors (Lipinski definition) is 4. The highest BCUT2D eigenvalue weighted by molar-refractivity contribution is 5.94. The third-order valence-corrected chi connectivity index (χ3v) is 4.97. The van der Waals surface area contributed by atoms with E-state index in [0.717, 1.165) is 28.8 Å². The van der Waals surface area contributed by atoms with Gasteiger partial charge in [0.25, 0.3) is 0 Å². The predicted molar refractivity (Wildman–Crippen MR) is 99.9 cm³/mol. The lowest BCUT2D eigenvalue weighted by Gasteiger charge is -2.39. The van der Waals surface area contributed by atoms with Gasteiger partial charge in [-0.1, -0.05) is 30.3 Å². The number of rotatable bonds is 3. The van der Waals surface area contributed by atoms with E-state index in [0.29, 0.717) is 18.5 Å². The van der Waals surface area contributed by atoms with E-state index in [-0.39, 0.29) is 12.1 Å². The number of likely N-dealkylation sites (tertiary alicyclic amines) is 1. The number of primary amides is 1. The molecule has 6 nitrogen and oxygen atoms in total. The van der Waals surface area contributed by atoms with E-state index in [1.165, 1.54) is 0 Å². The van der Waals surface area contributed by atoms with Crippen molar-refractivity contribution < 1.29 is 9.59 Å². The zero-order valence-corrected chi connectivity index (χ0v) is 14.6. The number of amides is 2. The first kappa shape index (κ1) is 16.3. The molecule has 1 atom stereocenters. The fourth-order valence-corrected chi connectivity index (χ4v) is 3.61. The number of hydrazone groups is 1. The third-order valence-electron chi connectivity index (χ3n) is 4.97. The molecular formula is C20H20N4O2. The Morgan fingerprint density at radius 2 is 2.04 bits per heavy atom. The van der Waals surface area contributed by atoms with Gasteiger partial charge in [-0.25, -0.2) is 5.01 Å². The summed E-state index contributed by atoms with van der Waals surface area (Å²) in [5.41, 5.74) is 9.64. The van der Waals surface area contributed by atoms with Crippen LogP contribution >= 0.6 is 0 Å². The van der Waals surface area contributed by atoms with Gasteiger partial charge in [-0.2, -0.15) is 5.10 Å². The Labute approximate surface area is 151 Å². The van der Waals surface area contributed by atoms with Gasteiger partial charge in [-0.05, 0) is 31.0 Å². The van der Waals surface area contributed by atoms with Gasteiger partial charge >= 0.3 is 0 Å². The van der Waals surface area contributed by atoms with Gasteiger partial charge < -0.3 is 10.6 Å². The van der Waals surface area contributed by atoms with E-state index in [1.54, 1.807) is 18.3 Å². The lowest BCUT2D eigenvalue weighted by atomic mass is 10.0. The molecule has 132 valence electrons. The summed E-state index contributed by atoms with van der Waals surface area (Å²) in [6.07, 6.45) is 2.86. The Morgan fingerprint density at radius 3 is 2.77 bits per heavy atom. The van der Waals surface area contributed by atoms with Crippen molar-refractivity contribution in [2.24, 2.45) is 10.8 Å². The summed E-state index contributed by atoms with van der Waals surface area (Å²) >= 11 is 0. The highest BCUT2D eigenvalue weighted by atomic mass is 16.2. The lowest BCUT2D eigenvalue weighted by molar-refractivity contribution is -0.129. The summed E-state index contributed by atoms with van der Waals surface area (Å²) in [6, 6.07) is 13.3. The molecule has 6 heteroatoms. The molecule has 1 unspecified atom stereocenters. The van der Waals surface area contributed by atoms with Crippen LogP contribution < -0.4 is 10.7 Å². The molecule has 2 aliphatic heterocycles. The van der Waals surface area contributed by atoms with Crippen molar-refractivity contribution in [3.63, 3.8) is 0 Å².